The number of rotatable bonds is 0. The predicted molar refractivity (Wildman–Crippen MR) is 15.6 cm³/mol. The van der Waals surface area contributed by atoms with E-state index in [2.05, 4.69) is 0 Å². The minimum Gasteiger partial charge on any atom is -0.127 e. The van der Waals surface area contributed by atoms with Crippen LogP contribution in [0, 0.1) is 0 Å². The van der Waals surface area contributed by atoms with Gasteiger partial charge in [0, 0.05) is 35.9 Å². The SMILES string of the molecule is FSF.[Cu].[Li]. The van der Waals surface area contributed by atoms with Crippen molar-refractivity contribution in [3.63, 3.8) is 0 Å². The molecule has 0 saturated heterocycles. The molecule has 0 unspecified atom stereocenters. The van der Waals surface area contributed by atoms with Gasteiger partial charge in [-0.2, -0.15) is 0 Å². The van der Waals surface area contributed by atoms with E-state index >= 15 is 0 Å². The van der Waals surface area contributed by atoms with Crippen LogP contribution in [0.15, 0.2) is 0 Å². The van der Waals surface area contributed by atoms with Gasteiger partial charge in [-0.1, -0.05) is 0 Å². The first-order valence-electron chi connectivity index (χ1n) is 0.309. The Balaban J connectivity index is -0.0000000200. The van der Waals surface area contributed by atoms with E-state index in [0.717, 1.165) is 0 Å². The number of halogens is 2. The van der Waals surface area contributed by atoms with Crippen molar-refractivity contribution in [2.24, 2.45) is 0 Å². The van der Waals surface area contributed by atoms with E-state index in [1.165, 1.54) is 0 Å². The molecule has 0 aromatic rings. The Kier molecular flexibility index (Phi) is 59.8. The van der Waals surface area contributed by atoms with Crippen molar-refractivity contribution in [1.29, 1.82) is 0 Å². The largest absolute Gasteiger partial charge is 0.255 e. The first-order valence-corrected chi connectivity index (χ1v) is 0.926. The zero-order valence-electron chi connectivity index (χ0n) is 2.47. The standard InChI is InChI=1S/Cu.F2S.Li/c;1-3-2;. The molecule has 5 heteroatoms. The van der Waals surface area contributed by atoms with E-state index in [1.54, 1.807) is 0 Å². The van der Waals surface area contributed by atoms with Gasteiger partial charge >= 0.3 is 0 Å². The third kappa shape index (κ3) is 33.5. The van der Waals surface area contributed by atoms with Crippen LogP contribution in [0.25, 0.3) is 0 Å². The fraction of sp³-hybridized carbons (Fsp3) is 0. The van der Waals surface area contributed by atoms with Crippen LogP contribution in [0.4, 0.5) is 7.77 Å². The average molecular weight is 141 g/mol. The molecule has 5 heavy (non-hydrogen) atoms. The predicted octanol–water partition coefficient (Wildman–Crippen LogP) is 1.11. The molecule has 0 aliphatic rings. The molecule has 0 N–H and O–H groups in total. The van der Waals surface area contributed by atoms with Crippen LogP contribution < -0.4 is 0 Å². The average Bonchev–Trinajstić information content (AvgIpc) is 0.918. The first-order chi connectivity index (χ1) is 1.41. The maximum atomic E-state index is 9.54. The fourth-order valence-corrected chi connectivity index (χ4v) is 0. The summed E-state index contributed by atoms with van der Waals surface area (Å²) in [5.41, 5.74) is 0. The summed E-state index contributed by atoms with van der Waals surface area (Å²) in [7, 11) is 0. The second-order valence-electron chi connectivity index (χ2n) is 0.0583. The van der Waals surface area contributed by atoms with Crippen LogP contribution in [0.5, 0.6) is 0 Å². The van der Waals surface area contributed by atoms with Crippen molar-refractivity contribution in [3.8, 4) is 0 Å². The van der Waals surface area contributed by atoms with Crippen molar-refractivity contribution in [2.45, 2.75) is 0 Å². The van der Waals surface area contributed by atoms with Gasteiger partial charge in [0.25, 0.3) is 12.5 Å². The van der Waals surface area contributed by atoms with Crippen LogP contribution in [0.3, 0.4) is 0 Å². The van der Waals surface area contributed by atoms with E-state index in [4.69, 9.17) is 0 Å². The summed E-state index contributed by atoms with van der Waals surface area (Å²) in [5, 5.41) is 0. The van der Waals surface area contributed by atoms with Gasteiger partial charge in [-0.25, -0.2) is 0 Å². The van der Waals surface area contributed by atoms with Crippen LogP contribution in [0.1, 0.15) is 0 Å². The second kappa shape index (κ2) is 18.4. The minimum atomic E-state index is -1.25. The van der Waals surface area contributed by atoms with Gasteiger partial charge < -0.3 is 0 Å². The fourth-order valence-electron chi connectivity index (χ4n) is 0. The Morgan fingerprint density at radius 1 is 1.20 bits per heavy atom. The Morgan fingerprint density at radius 2 is 1.20 bits per heavy atom. The zero-order chi connectivity index (χ0) is 2.71. The molecule has 0 aromatic carbocycles. The van der Waals surface area contributed by atoms with E-state index in [1.807, 2.05) is 0 Å². The zero-order valence-corrected chi connectivity index (χ0v) is 4.22. The molecule has 2 radical (unpaired) electrons. The van der Waals surface area contributed by atoms with Gasteiger partial charge in [-0.3, -0.25) is 0 Å². The van der Waals surface area contributed by atoms with Gasteiger partial charge in [0.2, 0.25) is 0 Å². The molecule has 0 heterocycles. The third-order valence-corrected chi connectivity index (χ3v) is 0. The van der Waals surface area contributed by atoms with E-state index in [9.17, 15) is 7.77 Å². The summed E-state index contributed by atoms with van der Waals surface area (Å²) < 4.78 is 19.1. The quantitative estimate of drug-likeness (QED) is 0.454. The van der Waals surface area contributed by atoms with E-state index < -0.39 is 12.5 Å². The van der Waals surface area contributed by atoms with Crippen molar-refractivity contribution in [3.05, 3.63) is 0 Å². The van der Waals surface area contributed by atoms with E-state index in [-0.39, 0.29) is 35.9 Å². The van der Waals surface area contributed by atoms with E-state index in [0.29, 0.717) is 0 Å². The van der Waals surface area contributed by atoms with Crippen LogP contribution in [-0.2, 0) is 17.1 Å². The molecular formula is CuF2LiS. The Labute approximate surface area is 56.3 Å². The molecule has 0 amide bonds. The molecule has 0 atom stereocenters. The maximum absolute atomic E-state index is 9.54. The van der Waals surface area contributed by atoms with Crippen LogP contribution in [-0.4, -0.2) is 18.9 Å². The molecule has 0 aliphatic carbocycles. The molecular weight excluding hydrogens is 141 g/mol. The van der Waals surface area contributed by atoms with Crippen molar-refractivity contribution in [1.82, 2.24) is 0 Å². The van der Waals surface area contributed by atoms with Crippen LogP contribution in [0.2, 0.25) is 0 Å². The monoisotopic (exact) mass is 140 g/mol. The number of hydrogen-bond donors (Lipinski definition) is 0. The smallest absolute Gasteiger partial charge is 0.127 e. The van der Waals surface area contributed by atoms with Crippen molar-refractivity contribution >= 4 is 31.4 Å². The van der Waals surface area contributed by atoms with Crippen molar-refractivity contribution < 1.29 is 24.8 Å². The molecule has 32 valence electrons. The third-order valence-electron chi connectivity index (χ3n) is 0. The van der Waals surface area contributed by atoms with Crippen molar-refractivity contribution in [2.75, 3.05) is 0 Å². The summed E-state index contributed by atoms with van der Waals surface area (Å²) >= 11 is -1.25. The van der Waals surface area contributed by atoms with Gasteiger partial charge in [0.05, 0.1) is 0 Å². The van der Waals surface area contributed by atoms with Crippen LogP contribution >= 0.6 is 12.5 Å². The summed E-state index contributed by atoms with van der Waals surface area (Å²) in [6, 6.07) is 0. The molecule has 0 nitrogen and oxygen atoms in total. The normalized spacial score (nSPS) is 3.60. The number of hydrogen-bond acceptors (Lipinski definition) is 1. The molecule has 0 fully saturated rings. The minimum absolute atomic E-state index is 0. The topological polar surface area (TPSA) is 0 Å². The van der Waals surface area contributed by atoms with Gasteiger partial charge in [0.1, 0.15) is 0 Å². The Bertz CT molecular complexity index is 9.61. The Morgan fingerprint density at radius 3 is 1.20 bits per heavy atom. The molecule has 0 spiro atoms. The molecule has 0 aromatic heterocycles. The summed E-state index contributed by atoms with van der Waals surface area (Å²) in [6.07, 6.45) is 0. The van der Waals surface area contributed by atoms with Gasteiger partial charge in [-0.15, -0.1) is 7.77 Å². The van der Waals surface area contributed by atoms with Gasteiger partial charge in [-0.05, 0) is 0 Å². The Hall–Kier alpha value is 1.33. The summed E-state index contributed by atoms with van der Waals surface area (Å²) in [6.45, 7) is 0. The van der Waals surface area contributed by atoms with Gasteiger partial charge in [0.15, 0.2) is 0 Å². The molecule has 0 bridgehead atoms. The second-order valence-corrected chi connectivity index (χ2v) is 0.175. The molecule has 0 rings (SSSR count). The molecule has 0 aliphatic heterocycles. The summed E-state index contributed by atoms with van der Waals surface area (Å²) in [5.74, 6) is 0. The first kappa shape index (κ1) is 16.2. The molecule has 0 saturated carbocycles. The maximum Gasteiger partial charge on any atom is 0.255 e. The summed E-state index contributed by atoms with van der Waals surface area (Å²) in [4.78, 5) is 0.